The third-order valence-electron chi connectivity index (χ3n) is 6.34. The fraction of sp³-hybridized carbons (Fsp3) is 0.179. The smallest absolute Gasteiger partial charge is 0.301 e. The van der Waals surface area contributed by atoms with Crippen LogP contribution < -0.4 is 9.64 Å². The first-order valence-corrected chi connectivity index (χ1v) is 12.1. The molecule has 1 aliphatic heterocycles. The van der Waals surface area contributed by atoms with Crippen molar-refractivity contribution in [2.24, 2.45) is 0 Å². The highest BCUT2D eigenvalue weighted by Crippen LogP contribution is 2.45. The molecule has 5 rings (SSSR count). The van der Waals surface area contributed by atoms with Crippen LogP contribution in [0, 0.1) is 26.6 Å². The van der Waals surface area contributed by atoms with E-state index in [-0.39, 0.29) is 22.0 Å². The van der Waals surface area contributed by atoms with Crippen molar-refractivity contribution < 1.29 is 23.8 Å². The maximum atomic E-state index is 15.1. The van der Waals surface area contributed by atoms with Crippen molar-refractivity contribution in [3.8, 4) is 5.75 Å². The summed E-state index contributed by atoms with van der Waals surface area (Å²) in [5.41, 5.74) is 3.63. The molecule has 4 aromatic rings. The number of methoxy groups -OCH3 is 1. The van der Waals surface area contributed by atoms with E-state index in [0.29, 0.717) is 16.8 Å². The summed E-state index contributed by atoms with van der Waals surface area (Å²) in [7, 11) is 1.53. The Morgan fingerprint density at radius 3 is 2.50 bits per heavy atom. The molecule has 6 nitrogen and oxygen atoms in total. The second-order valence-corrected chi connectivity index (χ2v) is 9.81. The van der Waals surface area contributed by atoms with Gasteiger partial charge >= 0.3 is 5.91 Å². The largest absolute Gasteiger partial charge is 0.507 e. The average Bonchev–Trinajstić information content (AvgIpc) is 3.37. The van der Waals surface area contributed by atoms with Crippen molar-refractivity contribution in [1.29, 1.82) is 0 Å². The molecule has 1 aliphatic rings. The Bertz CT molecular complexity index is 1590. The lowest BCUT2D eigenvalue weighted by molar-refractivity contribution is -0.132. The van der Waals surface area contributed by atoms with Crippen LogP contribution >= 0.6 is 11.3 Å². The number of nitrogens with zero attached hydrogens (tertiary/aromatic N) is 2. The maximum absolute atomic E-state index is 15.1. The number of anilines is 1. The molecule has 0 unspecified atom stereocenters. The topological polar surface area (TPSA) is 79.7 Å². The van der Waals surface area contributed by atoms with Crippen LogP contribution in [0.3, 0.4) is 0 Å². The van der Waals surface area contributed by atoms with E-state index < -0.39 is 23.5 Å². The minimum Gasteiger partial charge on any atom is -0.507 e. The van der Waals surface area contributed by atoms with Crippen LogP contribution in [0.5, 0.6) is 5.75 Å². The number of Topliss-reactive ketones (excluding diaryl/α,β-unsaturated/α-hetero) is 1. The maximum Gasteiger partial charge on any atom is 0.301 e. The number of aromatic nitrogens is 1. The lowest BCUT2D eigenvalue weighted by Gasteiger charge is -2.23. The van der Waals surface area contributed by atoms with Gasteiger partial charge in [-0.25, -0.2) is 9.37 Å². The summed E-state index contributed by atoms with van der Waals surface area (Å²) in [6.07, 6.45) is 0. The number of hydrogen-bond acceptors (Lipinski definition) is 6. The lowest BCUT2D eigenvalue weighted by Crippen LogP contribution is -2.29. The predicted molar refractivity (Wildman–Crippen MR) is 138 cm³/mol. The molecule has 2 heterocycles. The van der Waals surface area contributed by atoms with E-state index in [9.17, 15) is 14.7 Å². The molecule has 1 saturated heterocycles. The average molecular weight is 503 g/mol. The quantitative estimate of drug-likeness (QED) is 0.210. The molecule has 0 bridgehead atoms. The Hall–Kier alpha value is -4.04. The van der Waals surface area contributed by atoms with E-state index in [1.807, 2.05) is 26.0 Å². The predicted octanol–water partition coefficient (Wildman–Crippen LogP) is 6.00. The molecule has 3 aromatic carbocycles. The minimum atomic E-state index is -1.18. The van der Waals surface area contributed by atoms with E-state index in [0.717, 1.165) is 21.4 Å². The molecule has 1 N–H and O–H groups in total. The van der Waals surface area contributed by atoms with Crippen LogP contribution in [0.4, 0.5) is 9.52 Å². The van der Waals surface area contributed by atoms with Crippen molar-refractivity contribution in [2.75, 3.05) is 12.0 Å². The van der Waals surface area contributed by atoms with Crippen molar-refractivity contribution in [2.45, 2.75) is 26.8 Å². The summed E-state index contributed by atoms with van der Waals surface area (Å²) in [5, 5.41) is 11.6. The molecule has 182 valence electrons. The molecule has 1 amide bonds. The number of thiazole rings is 1. The van der Waals surface area contributed by atoms with E-state index in [2.05, 4.69) is 4.98 Å². The van der Waals surface area contributed by atoms with Gasteiger partial charge in [0.15, 0.2) is 5.13 Å². The molecule has 36 heavy (non-hydrogen) atoms. The van der Waals surface area contributed by atoms with E-state index in [1.54, 1.807) is 31.2 Å². The van der Waals surface area contributed by atoms with Gasteiger partial charge in [-0.1, -0.05) is 35.6 Å². The number of aryl methyl sites for hydroxylation is 3. The molecule has 1 fully saturated rings. The van der Waals surface area contributed by atoms with Gasteiger partial charge in [0, 0.05) is 11.1 Å². The highest BCUT2D eigenvalue weighted by Gasteiger charge is 2.49. The van der Waals surface area contributed by atoms with Gasteiger partial charge in [-0.05, 0) is 67.8 Å². The number of ketones is 1. The van der Waals surface area contributed by atoms with E-state index in [4.69, 9.17) is 4.74 Å². The molecular formula is C28H23FN2O4S. The summed E-state index contributed by atoms with van der Waals surface area (Å²) in [5.74, 6) is -2.15. The number of benzene rings is 3. The Balaban J connectivity index is 1.75. The molecule has 0 aliphatic carbocycles. The summed E-state index contributed by atoms with van der Waals surface area (Å²) in [6.45, 7) is 5.69. The molecule has 0 saturated carbocycles. The molecule has 8 heteroatoms. The van der Waals surface area contributed by atoms with Crippen LogP contribution in [-0.2, 0) is 9.59 Å². The number of carbonyl (C=O) groups is 2. The number of aliphatic hydroxyl groups is 1. The van der Waals surface area contributed by atoms with Gasteiger partial charge in [0.2, 0.25) is 0 Å². The summed E-state index contributed by atoms with van der Waals surface area (Å²) >= 11 is 1.25. The number of hydrogen-bond donors (Lipinski definition) is 1. The Morgan fingerprint density at radius 1 is 1.06 bits per heavy atom. The Kier molecular flexibility index (Phi) is 5.84. The van der Waals surface area contributed by atoms with Crippen molar-refractivity contribution >= 4 is 44.1 Å². The van der Waals surface area contributed by atoms with Crippen LogP contribution in [0.2, 0.25) is 0 Å². The number of amides is 1. The molecule has 0 spiro atoms. The van der Waals surface area contributed by atoms with Gasteiger partial charge in [-0.15, -0.1) is 0 Å². The lowest BCUT2D eigenvalue weighted by atomic mass is 9.94. The third kappa shape index (κ3) is 3.74. The normalized spacial score (nSPS) is 17.2. The SMILES string of the molecule is COc1ccc(C(O)=C2C(=O)C(=O)N(c3nc4c(C)cc(C)cc4s3)[C@H]2c2ccccc2F)cc1C. The monoisotopic (exact) mass is 502 g/mol. The second-order valence-electron chi connectivity index (χ2n) is 8.80. The van der Waals surface area contributed by atoms with E-state index >= 15 is 4.39 Å². The first-order valence-electron chi connectivity index (χ1n) is 11.3. The summed E-state index contributed by atoms with van der Waals surface area (Å²) in [6, 6.07) is 13.6. The van der Waals surface area contributed by atoms with Gasteiger partial charge in [-0.3, -0.25) is 14.5 Å². The molecule has 1 atom stereocenters. The van der Waals surface area contributed by atoms with Gasteiger partial charge in [0.05, 0.1) is 22.9 Å². The number of carbonyl (C=O) groups excluding carboxylic acids is 2. The first kappa shape index (κ1) is 23.7. The fourth-order valence-corrected chi connectivity index (χ4v) is 5.83. The van der Waals surface area contributed by atoms with Crippen LogP contribution in [0.15, 0.2) is 60.2 Å². The highest BCUT2D eigenvalue weighted by molar-refractivity contribution is 7.22. The Morgan fingerprint density at radius 2 is 1.81 bits per heavy atom. The van der Waals surface area contributed by atoms with Gasteiger partial charge in [0.25, 0.3) is 5.78 Å². The van der Waals surface area contributed by atoms with Crippen LogP contribution in [0.25, 0.3) is 16.0 Å². The van der Waals surface area contributed by atoms with Gasteiger partial charge in [0.1, 0.15) is 23.4 Å². The van der Waals surface area contributed by atoms with Crippen molar-refractivity contribution in [3.05, 3.63) is 93.8 Å². The summed E-state index contributed by atoms with van der Waals surface area (Å²) < 4.78 is 21.3. The first-order chi connectivity index (χ1) is 17.2. The molecule has 0 radical (unpaired) electrons. The van der Waals surface area contributed by atoms with Crippen LogP contribution in [-0.4, -0.2) is 28.9 Å². The number of ether oxygens (including phenoxy) is 1. The zero-order valence-corrected chi connectivity index (χ0v) is 20.9. The van der Waals surface area contributed by atoms with Crippen LogP contribution in [0.1, 0.15) is 33.9 Å². The number of halogens is 1. The number of aliphatic hydroxyl groups excluding tert-OH is 1. The minimum absolute atomic E-state index is 0.0932. The number of fused-ring (bicyclic) bond motifs is 1. The van der Waals surface area contributed by atoms with Crippen molar-refractivity contribution in [1.82, 2.24) is 4.98 Å². The standard InChI is InChI=1S/C28H23FN2O4S/c1-14-11-16(3)23-21(12-14)36-28(30-23)31-24(18-7-5-6-8-19(18)29)22(26(33)27(31)34)25(32)17-9-10-20(35-4)15(2)13-17/h5-13,24,32H,1-4H3/t24-/m0/s1. The van der Waals surface area contributed by atoms with Crippen molar-refractivity contribution in [3.63, 3.8) is 0 Å². The van der Waals surface area contributed by atoms with E-state index in [1.165, 1.54) is 41.5 Å². The van der Waals surface area contributed by atoms with Gasteiger partial charge < -0.3 is 9.84 Å². The zero-order chi connectivity index (χ0) is 25.7. The third-order valence-corrected chi connectivity index (χ3v) is 7.34. The second kappa shape index (κ2) is 8.87. The van der Waals surface area contributed by atoms with Gasteiger partial charge in [-0.2, -0.15) is 0 Å². The zero-order valence-electron chi connectivity index (χ0n) is 20.1. The molecule has 1 aromatic heterocycles. The Labute approximate surface area is 211 Å². The number of rotatable bonds is 4. The highest BCUT2D eigenvalue weighted by atomic mass is 32.1. The molecular weight excluding hydrogens is 479 g/mol. The fourth-order valence-electron chi connectivity index (χ4n) is 4.66. The summed E-state index contributed by atoms with van der Waals surface area (Å²) in [4.78, 5) is 32.6.